The number of hydrazine groups is 1. The molecule has 1 heterocycles. The molecule has 0 spiro atoms. The first kappa shape index (κ1) is 14.5. The van der Waals surface area contributed by atoms with Gasteiger partial charge in [-0.15, -0.1) is 0 Å². The van der Waals surface area contributed by atoms with Gasteiger partial charge in [0.15, 0.2) is 9.84 Å². The zero-order valence-electron chi connectivity index (χ0n) is 10.6. The van der Waals surface area contributed by atoms with E-state index in [-0.39, 0.29) is 12.5 Å². The van der Waals surface area contributed by atoms with Gasteiger partial charge in [0, 0.05) is 18.9 Å². The van der Waals surface area contributed by atoms with Crippen molar-refractivity contribution < 1.29 is 8.42 Å². The maximum Gasteiger partial charge on any atom is 0.223 e. The fourth-order valence-electron chi connectivity index (χ4n) is 1.06. The molecular weight excluding hydrogens is 256 g/mol. The Labute approximate surface area is 106 Å². The second kappa shape index (κ2) is 4.94. The molecule has 0 atom stereocenters. The summed E-state index contributed by atoms with van der Waals surface area (Å²) in [6.45, 7) is 3.45. The van der Waals surface area contributed by atoms with Crippen LogP contribution in [0.25, 0.3) is 0 Å². The first-order chi connectivity index (χ1) is 8.15. The van der Waals surface area contributed by atoms with Crippen molar-refractivity contribution in [3.63, 3.8) is 0 Å². The second-order valence-corrected chi connectivity index (χ2v) is 7.18. The predicted octanol–water partition coefficient (Wildman–Crippen LogP) is -0.420. The fourth-order valence-corrected chi connectivity index (χ4v) is 1.40. The van der Waals surface area contributed by atoms with Crippen LogP contribution in [0.3, 0.4) is 0 Å². The molecule has 8 nitrogen and oxygen atoms in total. The van der Waals surface area contributed by atoms with Crippen molar-refractivity contribution >= 4 is 27.4 Å². The number of aromatic nitrogens is 2. The van der Waals surface area contributed by atoms with Crippen LogP contribution in [0.5, 0.6) is 0 Å². The molecule has 0 amide bonds. The molecule has 0 radical (unpaired) electrons. The van der Waals surface area contributed by atoms with Crippen molar-refractivity contribution in [1.29, 1.82) is 0 Å². The highest BCUT2D eigenvalue weighted by molar-refractivity contribution is 7.92. The predicted molar refractivity (Wildman–Crippen MR) is 71.7 cm³/mol. The molecule has 1 aromatic heterocycles. The van der Waals surface area contributed by atoms with Crippen LogP contribution in [-0.2, 0) is 9.84 Å². The van der Waals surface area contributed by atoms with Crippen molar-refractivity contribution in [3.05, 3.63) is 6.07 Å². The third-order valence-corrected chi connectivity index (χ3v) is 4.74. The normalized spacial score (nSPS) is 12.2. The molecule has 0 unspecified atom stereocenters. The van der Waals surface area contributed by atoms with Crippen molar-refractivity contribution in [3.8, 4) is 0 Å². The summed E-state index contributed by atoms with van der Waals surface area (Å²) in [5.74, 6) is 6.02. The Morgan fingerprint density at radius 3 is 2.39 bits per heavy atom. The summed E-state index contributed by atoms with van der Waals surface area (Å²) < 4.78 is 22.2. The van der Waals surface area contributed by atoms with Gasteiger partial charge in [0.05, 0.1) is 4.75 Å². The molecule has 1 aromatic rings. The summed E-state index contributed by atoms with van der Waals surface area (Å²) in [7, 11) is -3.18. The SMILES string of the molecule is CC(C)(CNc1cc(NN)nc(N)n1)S(C)(=O)=O. The van der Waals surface area contributed by atoms with Gasteiger partial charge in [-0.25, -0.2) is 14.3 Å². The van der Waals surface area contributed by atoms with E-state index in [0.717, 1.165) is 0 Å². The largest absolute Gasteiger partial charge is 0.368 e. The van der Waals surface area contributed by atoms with Crippen LogP contribution < -0.4 is 22.3 Å². The van der Waals surface area contributed by atoms with Crippen molar-refractivity contribution in [2.75, 3.05) is 29.3 Å². The van der Waals surface area contributed by atoms with Crippen LogP contribution in [0.2, 0.25) is 0 Å². The molecule has 0 aliphatic rings. The van der Waals surface area contributed by atoms with Crippen LogP contribution in [0.4, 0.5) is 17.6 Å². The Morgan fingerprint density at radius 2 is 1.89 bits per heavy atom. The number of sulfone groups is 1. The van der Waals surface area contributed by atoms with E-state index in [9.17, 15) is 8.42 Å². The van der Waals surface area contributed by atoms with Gasteiger partial charge in [-0.1, -0.05) is 0 Å². The van der Waals surface area contributed by atoms with Gasteiger partial charge >= 0.3 is 0 Å². The fraction of sp³-hybridized carbons (Fsp3) is 0.556. The highest BCUT2D eigenvalue weighted by Gasteiger charge is 2.29. The van der Waals surface area contributed by atoms with E-state index in [1.807, 2.05) is 0 Å². The minimum absolute atomic E-state index is 0.0464. The van der Waals surface area contributed by atoms with Gasteiger partial charge < -0.3 is 16.5 Å². The minimum Gasteiger partial charge on any atom is -0.368 e. The van der Waals surface area contributed by atoms with Crippen molar-refractivity contribution in [1.82, 2.24) is 9.97 Å². The monoisotopic (exact) mass is 274 g/mol. The van der Waals surface area contributed by atoms with Gasteiger partial charge in [0.1, 0.15) is 11.6 Å². The molecule has 0 bridgehead atoms. The Bertz CT molecular complexity index is 528. The van der Waals surface area contributed by atoms with E-state index in [1.165, 1.54) is 12.3 Å². The Balaban J connectivity index is 2.84. The number of nitrogen functional groups attached to an aromatic ring is 2. The molecule has 9 heteroatoms. The third kappa shape index (κ3) is 3.44. The molecular formula is C9H18N6O2S. The molecule has 0 aliphatic carbocycles. The lowest BCUT2D eigenvalue weighted by Gasteiger charge is -2.23. The molecule has 1 rings (SSSR count). The molecule has 0 aromatic carbocycles. The Morgan fingerprint density at radius 1 is 1.33 bits per heavy atom. The zero-order chi connectivity index (χ0) is 14.0. The van der Waals surface area contributed by atoms with E-state index in [0.29, 0.717) is 11.6 Å². The van der Waals surface area contributed by atoms with E-state index in [2.05, 4.69) is 20.7 Å². The maximum atomic E-state index is 11.5. The van der Waals surface area contributed by atoms with Crippen LogP contribution in [0.1, 0.15) is 13.8 Å². The summed E-state index contributed by atoms with van der Waals surface area (Å²) in [5.41, 5.74) is 7.83. The lowest BCUT2D eigenvalue weighted by Crippen LogP contribution is -2.38. The maximum absolute atomic E-state index is 11.5. The van der Waals surface area contributed by atoms with Crippen molar-refractivity contribution in [2.45, 2.75) is 18.6 Å². The summed E-state index contributed by atoms with van der Waals surface area (Å²) in [4.78, 5) is 7.75. The smallest absolute Gasteiger partial charge is 0.223 e. The molecule has 0 saturated heterocycles. The molecule has 0 saturated carbocycles. The van der Waals surface area contributed by atoms with Crippen LogP contribution in [-0.4, -0.2) is 35.9 Å². The summed E-state index contributed by atoms with van der Waals surface area (Å²) in [6, 6.07) is 1.54. The number of hydrogen-bond acceptors (Lipinski definition) is 8. The molecule has 102 valence electrons. The number of anilines is 3. The molecule has 18 heavy (non-hydrogen) atoms. The van der Waals surface area contributed by atoms with Crippen LogP contribution >= 0.6 is 0 Å². The van der Waals surface area contributed by atoms with Gasteiger partial charge in [0.25, 0.3) is 0 Å². The van der Waals surface area contributed by atoms with Gasteiger partial charge in [-0.2, -0.15) is 9.97 Å². The summed E-state index contributed by atoms with van der Waals surface area (Å²) >= 11 is 0. The lowest BCUT2D eigenvalue weighted by molar-refractivity contribution is 0.559. The second-order valence-electron chi connectivity index (χ2n) is 4.53. The van der Waals surface area contributed by atoms with Crippen LogP contribution in [0.15, 0.2) is 6.07 Å². The van der Waals surface area contributed by atoms with E-state index in [4.69, 9.17) is 11.6 Å². The Hall–Kier alpha value is -1.61. The highest BCUT2D eigenvalue weighted by Crippen LogP contribution is 2.17. The third-order valence-electron chi connectivity index (χ3n) is 2.59. The molecule has 6 N–H and O–H groups in total. The molecule has 0 aliphatic heterocycles. The van der Waals surface area contributed by atoms with Crippen LogP contribution in [0, 0.1) is 0 Å². The number of nitrogens with one attached hydrogen (secondary N) is 2. The van der Waals surface area contributed by atoms with Gasteiger partial charge in [-0.05, 0) is 13.8 Å². The molecule has 0 fully saturated rings. The average molecular weight is 274 g/mol. The first-order valence-corrected chi connectivity index (χ1v) is 7.09. The topological polar surface area (TPSA) is 136 Å². The summed E-state index contributed by atoms with van der Waals surface area (Å²) in [6.07, 6.45) is 1.19. The number of nitrogens with zero attached hydrogens (tertiary/aromatic N) is 2. The number of hydrogen-bond donors (Lipinski definition) is 4. The van der Waals surface area contributed by atoms with Crippen molar-refractivity contribution in [2.24, 2.45) is 5.84 Å². The van der Waals surface area contributed by atoms with E-state index >= 15 is 0 Å². The van der Waals surface area contributed by atoms with E-state index in [1.54, 1.807) is 13.8 Å². The first-order valence-electron chi connectivity index (χ1n) is 5.20. The Kier molecular flexibility index (Phi) is 3.97. The standard InChI is InChI=1S/C9H18N6O2S/c1-9(2,18(3,16)17)5-12-6-4-7(15-11)14-8(10)13-6/h4H,5,11H2,1-3H3,(H4,10,12,13,14,15). The van der Waals surface area contributed by atoms with E-state index < -0.39 is 14.6 Å². The number of nitrogens with two attached hydrogens (primary N) is 2. The zero-order valence-corrected chi connectivity index (χ0v) is 11.4. The number of rotatable bonds is 5. The minimum atomic E-state index is -3.18. The average Bonchev–Trinajstić information content (AvgIpc) is 2.24. The quantitative estimate of drug-likeness (QED) is 0.420. The van der Waals surface area contributed by atoms with Gasteiger partial charge in [-0.3, -0.25) is 0 Å². The highest BCUT2D eigenvalue weighted by atomic mass is 32.2. The lowest BCUT2D eigenvalue weighted by atomic mass is 10.2. The van der Waals surface area contributed by atoms with Gasteiger partial charge in [0.2, 0.25) is 5.95 Å². The summed E-state index contributed by atoms with van der Waals surface area (Å²) in [5, 5.41) is 2.90.